The van der Waals surface area contributed by atoms with Crippen molar-refractivity contribution in [3.8, 4) is 0 Å². The lowest BCUT2D eigenvalue weighted by Crippen LogP contribution is -2.59. The first-order valence-electron chi connectivity index (χ1n) is 6.17. The number of ether oxygens (including phenoxy) is 4. The molecule has 1 saturated heterocycles. The zero-order valence-corrected chi connectivity index (χ0v) is 12.5. The maximum atomic E-state index is 11.1. The highest BCUT2D eigenvalue weighted by Crippen LogP contribution is 2.29. The number of hydrogen-bond acceptors (Lipinski definition) is 8. The molecule has 0 unspecified atom stereocenters. The van der Waals surface area contributed by atoms with Crippen LogP contribution in [0.3, 0.4) is 0 Å². The highest BCUT2D eigenvalue weighted by molar-refractivity contribution is 6.21. The van der Waals surface area contributed by atoms with Gasteiger partial charge in [-0.15, -0.1) is 11.6 Å². The van der Waals surface area contributed by atoms with Gasteiger partial charge < -0.3 is 24.1 Å². The predicted octanol–water partition coefficient (Wildman–Crippen LogP) is -0.262. The summed E-state index contributed by atoms with van der Waals surface area (Å²) in [6.07, 6.45) is -4.87. The van der Waals surface area contributed by atoms with Gasteiger partial charge in [0.15, 0.2) is 18.5 Å². The lowest BCUT2D eigenvalue weighted by Gasteiger charge is -2.40. The molecule has 0 aromatic heterocycles. The minimum absolute atomic E-state index is 0.231. The molecule has 0 aromatic carbocycles. The first kappa shape index (κ1) is 17.7. The van der Waals surface area contributed by atoms with Crippen LogP contribution in [-0.2, 0) is 33.3 Å². The van der Waals surface area contributed by atoms with Gasteiger partial charge in [0.2, 0.25) is 0 Å². The fraction of sp³-hybridized carbons (Fsp3) is 0.750. The van der Waals surface area contributed by atoms with Crippen molar-refractivity contribution in [2.24, 2.45) is 0 Å². The Labute approximate surface area is 126 Å². The Morgan fingerprint density at radius 1 is 1.05 bits per heavy atom. The zero-order valence-electron chi connectivity index (χ0n) is 11.8. The summed E-state index contributed by atoms with van der Waals surface area (Å²) in [6, 6.07) is 0. The van der Waals surface area contributed by atoms with Crippen molar-refractivity contribution in [2.45, 2.75) is 50.8 Å². The second-order valence-corrected chi connectivity index (χ2v) is 4.96. The summed E-state index contributed by atoms with van der Waals surface area (Å²) >= 11 is 6.12. The van der Waals surface area contributed by atoms with E-state index in [9.17, 15) is 19.5 Å². The molecule has 1 rings (SSSR count). The Morgan fingerprint density at radius 3 is 2.05 bits per heavy atom. The molecule has 0 saturated carbocycles. The molecule has 0 aliphatic carbocycles. The molecule has 9 heteroatoms. The van der Waals surface area contributed by atoms with Crippen LogP contribution in [0.15, 0.2) is 0 Å². The van der Waals surface area contributed by atoms with Crippen LogP contribution in [0.5, 0.6) is 0 Å². The van der Waals surface area contributed by atoms with Crippen molar-refractivity contribution in [1.29, 1.82) is 0 Å². The third-order valence-electron chi connectivity index (χ3n) is 2.64. The Balaban J connectivity index is 2.87. The third kappa shape index (κ3) is 5.14. The molecule has 21 heavy (non-hydrogen) atoms. The van der Waals surface area contributed by atoms with Crippen LogP contribution in [0.25, 0.3) is 0 Å². The topological polar surface area (TPSA) is 108 Å². The van der Waals surface area contributed by atoms with Gasteiger partial charge in [0.05, 0.1) is 0 Å². The molecule has 1 heterocycles. The molecule has 1 fully saturated rings. The summed E-state index contributed by atoms with van der Waals surface area (Å²) in [5.41, 5.74) is 0. The van der Waals surface area contributed by atoms with Crippen LogP contribution >= 0.6 is 11.6 Å². The van der Waals surface area contributed by atoms with Gasteiger partial charge in [-0.3, -0.25) is 14.4 Å². The van der Waals surface area contributed by atoms with E-state index in [0.29, 0.717) is 0 Å². The summed E-state index contributed by atoms with van der Waals surface area (Å²) in [6.45, 7) is 3.25. The number of esters is 3. The first-order valence-corrected chi connectivity index (χ1v) is 6.61. The van der Waals surface area contributed by atoms with E-state index in [2.05, 4.69) is 0 Å². The summed E-state index contributed by atoms with van der Waals surface area (Å²) < 4.78 is 19.8. The van der Waals surface area contributed by atoms with E-state index in [1.165, 1.54) is 6.92 Å². The van der Waals surface area contributed by atoms with E-state index < -0.39 is 47.9 Å². The van der Waals surface area contributed by atoms with E-state index in [4.69, 9.17) is 30.5 Å². The molecule has 120 valence electrons. The van der Waals surface area contributed by atoms with E-state index in [1.54, 1.807) is 0 Å². The fourth-order valence-electron chi connectivity index (χ4n) is 1.86. The van der Waals surface area contributed by atoms with Crippen molar-refractivity contribution in [1.82, 2.24) is 0 Å². The summed E-state index contributed by atoms with van der Waals surface area (Å²) in [7, 11) is 0. The molecule has 8 nitrogen and oxygen atoms in total. The largest absolute Gasteiger partial charge is 0.463 e. The molecule has 0 spiro atoms. The Bertz CT molecular complexity index is 412. The number of carbonyl (C=O) groups excluding carboxylic acids is 3. The van der Waals surface area contributed by atoms with Crippen LogP contribution in [0.4, 0.5) is 0 Å². The average Bonchev–Trinajstić information content (AvgIpc) is 2.35. The van der Waals surface area contributed by atoms with Crippen molar-refractivity contribution in [3.05, 3.63) is 0 Å². The fourth-order valence-corrected chi connectivity index (χ4v) is 2.18. The zero-order chi connectivity index (χ0) is 16.2. The van der Waals surface area contributed by atoms with Crippen LogP contribution in [-0.4, -0.2) is 59.6 Å². The summed E-state index contributed by atoms with van der Waals surface area (Å²) in [5.74, 6) is -1.91. The van der Waals surface area contributed by atoms with Gasteiger partial charge in [0.25, 0.3) is 0 Å². The Hall–Kier alpha value is -1.38. The van der Waals surface area contributed by atoms with Gasteiger partial charge in [0.1, 0.15) is 18.1 Å². The van der Waals surface area contributed by atoms with Gasteiger partial charge in [-0.25, -0.2) is 0 Å². The second-order valence-electron chi connectivity index (χ2n) is 4.46. The number of aliphatic hydroxyl groups is 1. The molecule has 0 bridgehead atoms. The number of hydrogen-bond donors (Lipinski definition) is 1. The Morgan fingerprint density at radius 2 is 1.57 bits per heavy atom. The van der Waals surface area contributed by atoms with E-state index >= 15 is 0 Å². The second kappa shape index (κ2) is 7.58. The van der Waals surface area contributed by atoms with Gasteiger partial charge >= 0.3 is 17.9 Å². The Kier molecular flexibility index (Phi) is 6.38. The number of aliphatic hydroxyl groups excluding tert-OH is 1. The molecular formula is C12H17ClO8. The maximum absolute atomic E-state index is 11.1. The number of carbonyl (C=O) groups is 3. The molecule has 1 aliphatic rings. The smallest absolute Gasteiger partial charge is 0.303 e. The molecule has 0 amide bonds. The van der Waals surface area contributed by atoms with Crippen molar-refractivity contribution >= 4 is 29.5 Å². The summed E-state index contributed by atoms with van der Waals surface area (Å²) in [5, 5.41) is 8.89. The standard InChI is InChI=1S/C12H17ClO8/c1-5(14)18-4-8-9(13)10(19-6(2)15)11(12(17)21-8)20-7(3)16/h8-12,17H,4H2,1-3H3/t8-,9+,10+,11-,12+/m1/s1. The van der Waals surface area contributed by atoms with Crippen LogP contribution in [0.1, 0.15) is 20.8 Å². The van der Waals surface area contributed by atoms with E-state index in [0.717, 1.165) is 13.8 Å². The normalized spacial score (nSPS) is 32.1. The van der Waals surface area contributed by atoms with Gasteiger partial charge in [-0.2, -0.15) is 0 Å². The number of alkyl halides is 1. The molecule has 1 aliphatic heterocycles. The average molecular weight is 325 g/mol. The highest BCUT2D eigenvalue weighted by atomic mass is 35.5. The molecule has 0 radical (unpaired) electrons. The van der Waals surface area contributed by atoms with Crippen LogP contribution in [0.2, 0.25) is 0 Å². The van der Waals surface area contributed by atoms with E-state index in [1.807, 2.05) is 0 Å². The van der Waals surface area contributed by atoms with Gasteiger partial charge in [-0.1, -0.05) is 0 Å². The van der Waals surface area contributed by atoms with E-state index in [-0.39, 0.29) is 6.61 Å². The monoisotopic (exact) mass is 324 g/mol. The van der Waals surface area contributed by atoms with Gasteiger partial charge in [0, 0.05) is 20.8 Å². The maximum Gasteiger partial charge on any atom is 0.303 e. The lowest BCUT2D eigenvalue weighted by atomic mass is 10.0. The molecule has 1 N–H and O–H groups in total. The molecule has 0 aromatic rings. The SMILES string of the molecule is CC(=O)OC[C@H]1O[C@H](O)[C@H](OC(C)=O)[C@@H](OC(C)=O)[C@H]1Cl. The molecular weight excluding hydrogens is 308 g/mol. The molecule has 5 atom stereocenters. The van der Waals surface area contributed by atoms with Crippen LogP contribution < -0.4 is 0 Å². The summed E-state index contributed by atoms with van der Waals surface area (Å²) in [4.78, 5) is 33.0. The minimum atomic E-state index is -1.56. The van der Waals surface area contributed by atoms with Gasteiger partial charge in [-0.05, 0) is 0 Å². The number of rotatable bonds is 4. The highest BCUT2D eigenvalue weighted by Gasteiger charge is 2.49. The van der Waals surface area contributed by atoms with Crippen molar-refractivity contribution in [3.63, 3.8) is 0 Å². The third-order valence-corrected chi connectivity index (χ3v) is 3.17. The predicted molar refractivity (Wildman–Crippen MR) is 68.3 cm³/mol. The number of halogens is 1. The minimum Gasteiger partial charge on any atom is -0.463 e. The first-order chi connectivity index (χ1) is 9.72. The van der Waals surface area contributed by atoms with Crippen molar-refractivity contribution in [2.75, 3.05) is 6.61 Å². The van der Waals surface area contributed by atoms with Crippen molar-refractivity contribution < 1.29 is 38.4 Å². The van der Waals surface area contributed by atoms with Crippen LogP contribution in [0, 0.1) is 0 Å². The quantitative estimate of drug-likeness (QED) is 0.428. The lowest BCUT2D eigenvalue weighted by molar-refractivity contribution is -0.261.